The zero-order chi connectivity index (χ0) is 18.7. The van der Waals surface area contributed by atoms with Gasteiger partial charge >= 0.3 is 0 Å². The summed E-state index contributed by atoms with van der Waals surface area (Å²) in [6.07, 6.45) is 3.35. The van der Waals surface area contributed by atoms with E-state index in [2.05, 4.69) is 73.0 Å². The first-order valence-electron chi connectivity index (χ1n) is 9.96. The normalized spacial score (nSPS) is 12.2. The highest BCUT2D eigenvalue weighted by atomic mass is 32.1. The van der Waals surface area contributed by atoms with Crippen LogP contribution in [0.5, 0.6) is 0 Å². The monoisotopic (exact) mass is 396 g/mol. The number of thiophene rings is 2. The molecule has 28 heavy (non-hydrogen) atoms. The minimum Gasteiger partial charge on any atom is -0.143 e. The van der Waals surface area contributed by atoms with Crippen molar-refractivity contribution in [2.24, 2.45) is 0 Å². The van der Waals surface area contributed by atoms with Crippen LogP contribution in [0, 0.1) is 0 Å². The molecule has 0 spiro atoms. The number of fused-ring (bicyclic) bond motifs is 8. The van der Waals surface area contributed by atoms with Gasteiger partial charge in [0.2, 0.25) is 0 Å². The molecule has 0 bridgehead atoms. The Labute approximate surface area is 173 Å². The van der Waals surface area contributed by atoms with E-state index in [0.29, 0.717) is 0 Å². The Morgan fingerprint density at radius 1 is 0.679 bits per heavy atom. The first kappa shape index (κ1) is 16.5. The topological polar surface area (TPSA) is 0 Å². The fourth-order valence-electron chi connectivity index (χ4n) is 4.41. The van der Waals surface area contributed by atoms with E-state index in [0.717, 1.165) is 19.3 Å². The van der Waals surface area contributed by atoms with Crippen molar-refractivity contribution in [3.05, 3.63) is 82.0 Å². The summed E-state index contributed by atoms with van der Waals surface area (Å²) in [6, 6.07) is 23.0. The molecule has 0 unspecified atom stereocenters. The molecular weight excluding hydrogens is 376 g/mol. The van der Waals surface area contributed by atoms with Gasteiger partial charge in [0, 0.05) is 25.4 Å². The van der Waals surface area contributed by atoms with Crippen LogP contribution >= 0.6 is 22.7 Å². The number of hydrogen-bond donors (Lipinski definition) is 0. The van der Waals surface area contributed by atoms with Crippen molar-refractivity contribution in [2.75, 3.05) is 0 Å². The second-order valence-electron chi connectivity index (χ2n) is 7.62. The molecule has 136 valence electrons. The van der Waals surface area contributed by atoms with Crippen LogP contribution in [-0.2, 0) is 19.3 Å². The van der Waals surface area contributed by atoms with Crippen LogP contribution in [0.2, 0.25) is 0 Å². The first-order valence-corrected chi connectivity index (χ1v) is 11.7. The van der Waals surface area contributed by atoms with E-state index in [1.807, 2.05) is 22.7 Å². The van der Waals surface area contributed by atoms with Gasteiger partial charge in [-0.05, 0) is 69.8 Å². The van der Waals surface area contributed by atoms with Gasteiger partial charge < -0.3 is 0 Å². The molecular formula is C26H20S2. The molecule has 2 heterocycles. The van der Waals surface area contributed by atoms with Crippen molar-refractivity contribution in [2.45, 2.75) is 26.2 Å². The Kier molecular flexibility index (Phi) is 3.72. The van der Waals surface area contributed by atoms with Crippen LogP contribution in [0.15, 0.2) is 66.0 Å². The SMILES string of the molecule is CCc1ccc(CCc2cc3ccc4c(c3s2)-c2ccc3ccsc3c2-4)cc1. The van der Waals surface area contributed by atoms with Crippen molar-refractivity contribution in [3.8, 4) is 22.3 Å². The zero-order valence-electron chi connectivity index (χ0n) is 15.8. The Balaban J connectivity index is 1.34. The molecule has 3 aromatic carbocycles. The van der Waals surface area contributed by atoms with E-state index in [9.17, 15) is 0 Å². The second kappa shape index (κ2) is 6.30. The number of hydrogen-bond acceptors (Lipinski definition) is 2. The van der Waals surface area contributed by atoms with Crippen LogP contribution in [0.1, 0.15) is 22.9 Å². The Morgan fingerprint density at radius 3 is 2.18 bits per heavy atom. The fraction of sp³-hybridized carbons (Fsp3) is 0.154. The van der Waals surface area contributed by atoms with Crippen LogP contribution in [0.4, 0.5) is 0 Å². The average molecular weight is 397 g/mol. The second-order valence-corrected chi connectivity index (χ2v) is 9.67. The maximum atomic E-state index is 2.41. The summed E-state index contributed by atoms with van der Waals surface area (Å²) in [6.45, 7) is 2.21. The molecule has 1 aliphatic rings. The fourth-order valence-corrected chi connectivity index (χ4v) is 6.59. The molecule has 0 atom stereocenters. The lowest BCUT2D eigenvalue weighted by Crippen LogP contribution is -1.98. The highest BCUT2D eigenvalue weighted by molar-refractivity contribution is 7.20. The number of benzene rings is 3. The molecule has 0 N–H and O–H groups in total. The summed E-state index contributed by atoms with van der Waals surface area (Å²) >= 11 is 3.86. The van der Waals surface area contributed by atoms with Gasteiger partial charge in [-0.3, -0.25) is 0 Å². The minimum absolute atomic E-state index is 1.11. The van der Waals surface area contributed by atoms with E-state index < -0.39 is 0 Å². The molecule has 5 aromatic rings. The lowest BCUT2D eigenvalue weighted by molar-refractivity contribution is 0.977. The van der Waals surface area contributed by atoms with E-state index in [1.165, 1.54) is 58.4 Å². The largest absolute Gasteiger partial charge is 0.143 e. The standard InChI is InChI=1S/C26H20S2/c1-2-16-3-5-17(6-4-16)7-10-20-15-19-9-12-22-23-21(24(22)26(19)28-20)11-8-18-13-14-27-25(18)23/h3-6,8-9,11-15H,2,7,10H2,1H3. The lowest BCUT2D eigenvalue weighted by atomic mass is 9.79. The Bertz CT molecular complexity index is 1330. The van der Waals surface area contributed by atoms with Crippen LogP contribution < -0.4 is 0 Å². The van der Waals surface area contributed by atoms with Gasteiger partial charge in [0.15, 0.2) is 0 Å². The summed E-state index contributed by atoms with van der Waals surface area (Å²) in [4.78, 5) is 1.49. The van der Waals surface area contributed by atoms with Crippen molar-refractivity contribution in [1.29, 1.82) is 0 Å². The van der Waals surface area contributed by atoms with Crippen LogP contribution in [-0.4, -0.2) is 0 Å². The van der Waals surface area contributed by atoms with E-state index in [4.69, 9.17) is 0 Å². The maximum Gasteiger partial charge on any atom is 0.0430 e. The van der Waals surface area contributed by atoms with E-state index in [-0.39, 0.29) is 0 Å². The molecule has 2 heteroatoms. The lowest BCUT2D eigenvalue weighted by Gasteiger charge is -2.25. The Hall–Kier alpha value is -2.42. The summed E-state index contributed by atoms with van der Waals surface area (Å²) in [5.74, 6) is 0. The van der Waals surface area contributed by atoms with E-state index in [1.54, 1.807) is 0 Å². The Morgan fingerprint density at radius 2 is 1.39 bits per heavy atom. The predicted molar refractivity (Wildman–Crippen MR) is 125 cm³/mol. The quantitative estimate of drug-likeness (QED) is 0.282. The summed E-state index contributed by atoms with van der Waals surface area (Å²) in [5.41, 5.74) is 8.69. The predicted octanol–water partition coefficient (Wildman–Crippen LogP) is 8.11. The molecule has 0 saturated heterocycles. The number of rotatable bonds is 4. The molecule has 0 nitrogen and oxygen atoms in total. The van der Waals surface area contributed by atoms with Gasteiger partial charge in [0.1, 0.15) is 0 Å². The van der Waals surface area contributed by atoms with Gasteiger partial charge in [-0.25, -0.2) is 0 Å². The van der Waals surface area contributed by atoms with Gasteiger partial charge in [0.25, 0.3) is 0 Å². The molecule has 0 radical (unpaired) electrons. The van der Waals surface area contributed by atoms with Gasteiger partial charge in [0.05, 0.1) is 0 Å². The summed E-state index contributed by atoms with van der Waals surface area (Å²) in [5, 5.41) is 4.98. The molecule has 2 aromatic heterocycles. The van der Waals surface area contributed by atoms with Crippen molar-refractivity contribution in [3.63, 3.8) is 0 Å². The summed E-state index contributed by atoms with van der Waals surface area (Å²) in [7, 11) is 0. The maximum absolute atomic E-state index is 2.41. The third-order valence-electron chi connectivity index (χ3n) is 5.99. The average Bonchev–Trinajstić information content (AvgIpc) is 3.34. The van der Waals surface area contributed by atoms with Gasteiger partial charge in [-0.15, -0.1) is 22.7 Å². The molecule has 0 saturated carbocycles. The third-order valence-corrected chi connectivity index (χ3v) is 8.17. The smallest absolute Gasteiger partial charge is 0.0430 e. The highest BCUT2D eigenvalue weighted by Crippen LogP contribution is 2.55. The van der Waals surface area contributed by atoms with Gasteiger partial charge in [-0.1, -0.05) is 55.5 Å². The molecule has 0 aliphatic heterocycles. The zero-order valence-corrected chi connectivity index (χ0v) is 17.4. The minimum atomic E-state index is 1.11. The first-order chi connectivity index (χ1) is 13.8. The van der Waals surface area contributed by atoms with E-state index >= 15 is 0 Å². The van der Waals surface area contributed by atoms with Crippen molar-refractivity contribution in [1.82, 2.24) is 0 Å². The van der Waals surface area contributed by atoms with Crippen molar-refractivity contribution >= 4 is 42.8 Å². The van der Waals surface area contributed by atoms with Gasteiger partial charge in [-0.2, -0.15) is 0 Å². The molecule has 0 fully saturated rings. The van der Waals surface area contributed by atoms with Crippen molar-refractivity contribution < 1.29 is 0 Å². The number of aryl methyl sites for hydroxylation is 3. The molecule has 6 rings (SSSR count). The van der Waals surface area contributed by atoms with Crippen LogP contribution in [0.3, 0.4) is 0 Å². The highest BCUT2D eigenvalue weighted by Gasteiger charge is 2.28. The molecule has 0 amide bonds. The summed E-state index contributed by atoms with van der Waals surface area (Å²) < 4.78 is 2.91. The molecule has 1 aliphatic carbocycles. The third kappa shape index (κ3) is 2.41. The van der Waals surface area contributed by atoms with Crippen LogP contribution in [0.25, 0.3) is 42.4 Å².